The molecule has 1 saturated heterocycles. The first-order valence-corrected chi connectivity index (χ1v) is 7.18. The van der Waals surface area contributed by atoms with Gasteiger partial charge in [0.05, 0.1) is 6.61 Å². The molecule has 1 fully saturated rings. The highest BCUT2D eigenvalue weighted by molar-refractivity contribution is 6.17. The Morgan fingerprint density at radius 3 is 2.67 bits per heavy atom. The van der Waals surface area contributed by atoms with E-state index in [4.69, 9.17) is 4.74 Å². The number of nitrogens with one attached hydrogen (secondary N) is 2. The Morgan fingerprint density at radius 1 is 1.29 bits per heavy atom. The van der Waals surface area contributed by atoms with Gasteiger partial charge in [-0.25, -0.2) is 4.79 Å². The molecule has 1 aromatic rings. The summed E-state index contributed by atoms with van der Waals surface area (Å²) in [5.41, 5.74) is 1.77. The highest BCUT2D eigenvalue weighted by Crippen LogP contribution is 2.16. The monoisotopic (exact) mass is 288 g/mol. The summed E-state index contributed by atoms with van der Waals surface area (Å²) >= 11 is 0. The van der Waals surface area contributed by atoms with Gasteiger partial charge in [0, 0.05) is 18.8 Å². The molecule has 0 radical (unpaired) electrons. The van der Waals surface area contributed by atoms with Gasteiger partial charge in [-0.1, -0.05) is 30.3 Å². The van der Waals surface area contributed by atoms with Crippen molar-refractivity contribution < 1.29 is 14.3 Å². The van der Waals surface area contributed by atoms with E-state index in [0.29, 0.717) is 18.7 Å². The molecule has 2 N–H and O–H groups in total. The number of rotatable bonds is 5. The van der Waals surface area contributed by atoms with Gasteiger partial charge in [-0.3, -0.25) is 4.79 Å². The van der Waals surface area contributed by atoms with Crippen LogP contribution in [0, 0.1) is 0 Å². The molecule has 2 rings (SSSR count). The second-order valence-electron chi connectivity index (χ2n) is 4.77. The number of hydrogen-bond acceptors (Lipinski definition) is 4. The number of amides is 1. The molecule has 0 spiro atoms. The maximum Gasteiger partial charge on any atom is 0.345 e. The minimum absolute atomic E-state index is 0.102. The summed E-state index contributed by atoms with van der Waals surface area (Å²) in [6.45, 7) is 3.14. The number of carbonyl (C=O) groups excluding carboxylic acids is 2. The zero-order chi connectivity index (χ0) is 15.1. The standard InChI is InChI=1S/C16H20N2O3/c1-2-21-16(20)14(13-9-6-10-17-13)15(19)18-11-12-7-4-3-5-8-12/h3-5,7-8,17H,2,6,9-11H2,1H3,(H,18,19)/b14-13+. The lowest BCUT2D eigenvalue weighted by Crippen LogP contribution is -2.31. The first kappa shape index (κ1) is 15.1. The molecule has 112 valence electrons. The maximum absolute atomic E-state index is 12.3. The van der Waals surface area contributed by atoms with Crippen molar-refractivity contribution in [3.05, 3.63) is 47.2 Å². The lowest BCUT2D eigenvalue weighted by atomic mass is 10.1. The van der Waals surface area contributed by atoms with Crippen LogP contribution in [0.3, 0.4) is 0 Å². The Balaban J connectivity index is 2.08. The topological polar surface area (TPSA) is 67.4 Å². The number of allylic oxidation sites excluding steroid dienone is 1. The van der Waals surface area contributed by atoms with Gasteiger partial charge in [0.25, 0.3) is 5.91 Å². The Hall–Kier alpha value is -2.30. The van der Waals surface area contributed by atoms with Gasteiger partial charge < -0.3 is 15.4 Å². The predicted octanol–water partition coefficient (Wildman–Crippen LogP) is 1.50. The first-order valence-electron chi connectivity index (χ1n) is 7.18. The minimum atomic E-state index is -0.563. The average Bonchev–Trinajstić information content (AvgIpc) is 3.00. The largest absolute Gasteiger partial charge is 0.462 e. The molecule has 0 saturated carbocycles. The quantitative estimate of drug-likeness (QED) is 0.373. The second-order valence-corrected chi connectivity index (χ2v) is 4.77. The number of esters is 1. The van der Waals surface area contributed by atoms with Gasteiger partial charge in [-0.2, -0.15) is 0 Å². The maximum atomic E-state index is 12.3. The predicted molar refractivity (Wildman–Crippen MR) is 79.2 cm³/mol. The highest BCUT2D eigenvalue weighted by atomic mass is 16.5. The van der Waals surface area contributed by atoms with Gasteiger partial charge in [0.2, 0.25) is 0 Å². The lowest BCUT2D eigenvalue weighted by Gasteiger charge is -2.11. The van der Waals surface area contributed by atoms with E-state index in [9.17, 15) is 9.59 Å². The normalized spacial score (nSPS) is 16.0. The molecular weight excluding hydrogens is 268 g/mol. The number of ether oxygens (including phenoxy) is 1. The van der Waals surface area contributed by atoms with Crippen molar-refractivity contribution >= 4 is 11.9 Å². The van der Waals surface area contributed by atoms with Crippen molar-refractivity contribution in [2.45, 2.75) is 26.3 Å². The highest BCUT2D eigenvalue weighted by Gasteiger charge is 2.26. The van der Waals surface area contributed by atoms with Crippen LogP contribution in [0.2, 0.25) is 0 Å². The van der Waals surface area contributed by atoms with Gasteiger partial charge in [0.1, 0.15) is 5.57 Å². The van der Waals surface area contributed by atoms with Crippen LogP contribution in [-0.4, -0.2) is 25.0 Å². The van der Waals surface area contributed by atoms with Gasteiger partial charge >= 0.3 is 5.97 Å². The third-order valence-corrected chi connectivity index (χ3v) is 3.25. The third kappa shape index (κ3) is 4.08. The summed E-state index contributed by atoms with van der Waals surface area (Å²) in [6, 6.07) is 9.58. The van der Waals surface area contributed by atoms with Crippen LogP contribution in [0.25, 0.3) is 0 Å². The smallest absolute Gasteiger partial charge is 0.345 e. The van der Waals surface area contributed by atoms with E-state index in [-0.39, 0.29) is 18.1 Å². The zero-order valence-electron chi connectivity index (χ0n) is 12.1. The fraction of sp³-hybridized carbons (Fsp3) is 0.375. The van der Waals surface area contributed by atoms with Crippen LogP contribution >= 0.6 is 0 Å². The fourth-order valence-electron chi connectivity index (χ4n) is 2.23. The summed E-state index contributed by atoms with van der Waals surface area (Å²) < 4.78 is 4.99. The summed E-state index contributed by atoms with van der Waals surface area (Å²) in [5, 5.41) is 5.87. The molecule has 5 heteroatoms. The molecule has 0 aliphatic carbocycles. The molecule has 1 aromatic carbocycles. The Labute approximate surface area is 124 Å². The SMILES string of the molecule is CCOC(=O)/C(C(=O)NCc1ccccc1)=C1\CCCN1. The molecule has 1 aliphatic rings. The zero-order valence-corrected chi connectivity index (χ0v) is 12.1. The van der Waals surface area contributed by atoms with Crippen LogP contribution in [-0.2, 0) is 20.9 Å². The van der Waals surface area contributed by atoms with E-state index in [1.165, 1.54) is 0 Å². The molecule has 0 aromatic heterocycles. The number of carbonyl (C=O) groups is 2. The number of hydrogen-bond donors (Lipinski definition) is 2. The van der Waals surface area contributed by atoms with Crippen LogP contribution < -0.4 is 10.6 Å². The molecule has 5 nitrogen and oxygen atoms in total. The van der Waals surface area contributed by atoms with Crippen LogP contribution in [0.5, 0.6) is 0 Å². The molecule has 0 atom stereocenters. The van der Waals surface area contributed by atoms with E-state index < -0.39 is 5.97 Å². The Kier molecular flexibility index (Phi) is 5.37. The molecular formula is C16H20N2O3. The van der Waals surface area contributed by atoms with Crippen molar-refractivity contribution in [3.8, 4) is 0 Å². The fourth-order valence-corrected chi connectivity index (χ4v) is 2.23. The number of benzene rings is 1. The van der Waals surface area contributed by atoms with Crippen LogP contribution in [0.15, 0.2) is 41.6 Å². The van der Waals surface area contributed by atoms with Crippen molar-refractivity contribution in [1.29, 1.82) is 0 Å². The Bertz CT molecular complexity index is 530. The minimum Gasteiger partial charge on any atom is -0.462 e. The van der Waals surface area contributed by atoms with Gasteiger partial charge in [-0.15, -0.1) is 0 Å². The summed E-state index contributed by atoms with van der Waals surface area (Å²) in [5.74, 6) is -0.950. The van der Waals surface area contributed by atoms with E-state index >= 15 is 0 Å². The van der Waals surface area contributed by atoms with E-state index in [0.717, 1.165) is 18.5 Å². The third-order valence-electron chi connectivity index (χ3n) is 3.25. The Morgan fingerprint density at radius 2 is 2.05 bits per heavy atom. The summed E-state index contributed by atoms with van der Waals surface area (Å²) in [7, 11) is 0. The molecule has 0 unspecified atom stereocenters. The average molecular weight is 288 g/mol. The van der Waals surface area contributed by atoms with Crippen molar-refractivity contribution in [2.75, 3.05) is 13.2 Å². The molecule has 0 bridgehead atoms. The molecule has 1 amide bonds. The summed E-state index contributed by atoms with van der Waals surface area (Å²) in [6.07, 6.45) is 1.62. The van der Waals surface area contributed by atoms with Crippen molar-refractivity contribution in [1.82, 2.24) is 10.6 Å². The molecule has 1 aliphatic heterocycles. The molecule has 1 heterocycles. The van der Waals surface area contributed by atoms with Gasteiger partial charge in [0.15, 0.2) is 0 Å². The molecule has 21 heavy (non-hydrogen) atoms. The van der Waals surface area contributed by atoms with Crippen LogP contribution in [0.4, 0.5) is 0 Å². The van der Waals surface area contributed by atoms with E-state index in [2.05, 4.69) is 10.6 Å². The van der Waals surface area contributed by atoms with Gasteiger partial charge in [-0.05, 0) is 25.3 Å². The van der Waals surface area contributed by atoms with E-state index in [1.54, 1.807) is 6.92 Å². The van der Waals surface area contributed by atoms with Crippen molar-refractivity contribution in [3.63, 3.8) is 0 Å². The second kappa shape index (κ2) is 7.47. The van der Waals surface area contributed by atoms with Crippen LogP contribution in [0.1, 0.15) is 25.3 Å². The van der Waals surface area contributed by atoms with Crippen molar-refractivity contribution in [2.24, 2.45) is 0 Å². The first-order chi connectivity index (χ1) is 10.2. The summed E-state index contributed by atoms with van der Waals surface area (Å²) in [4.78, 5) is 24.3. The van der Waals surface area contributed by atoms with E-state index in [1.807, 2.05) is 30.3 Å². The lowest BCUT2D eigenvalue weighted by molar-refractivity contribution is -0.140.